The first-order valence-electron chi connectivity index (χ1n) is 13.0. The van der Waals surface area contributed by atoms with Crippen LogP contribution in [0.5, 0.6) is 0 Å². The Balaban J connectivity index is 0.00000405. The molecular formula is C30H28ClF3N4O4. The summed E-state index contributed by atoms with van der Waals surface area (Å²) in [5.41, 5.74) is 2.56. The van der Waals surface area contributed by atoms with E-state index in [2.05, 4.69) is 20.5 Å². The number of halogens is 4. The lowest BCUT2D eigenvalue weighted by Gasteiger charge is -2.27. The number of alkyl halides is 3. The van der Waals surface area contributed by atoms with Crippen LogP contribution in [0.1, 0.15) is 22.3 Å². The monoisotopic (exact) mass is 600 g/mol. The fraction of sp³-hybridized carbons (Fsp3) is 0.233. The second-order valence-electron chi connectivity index (χ2n) is 9.55. The maximum Gasteiger partial charge on any atom is 0.416 e. The van der Waals surface area contributed by atoms with Crippen molar-refractivity contribution >= 4 is 47.0 Å². The fourth-order valence-corrected chi connectivity index (χ4v) is 4.67. The van der Waals surface area contributed by atoms with Crippen LogP contribution in [-0.4, -0.2) is 54.3 Å². The van der Waals surface area contributed by atoms with Crippen LogP contribution in [0.2, 0.25) is 0 Å². The minimum atomic E-state index is -4.46. The van der Waals surface area contributed by atoms with Gasteiger partial charge in [0.25, 0.3) is 5.91 Å². The predicted molar refractivity (Wildman–Crippen MR) is 156 cm³/mol. The van der Waals surface area contributed by atoms with Crippen molar-refractivity contribution in [1.82, 2.24) is 4.98 Å². The number of hydrogen-bond acceptors (Lipinski definition) is 6. The highest BCUT2D eigenvalue weighted by Gasteiger charge is 2.30. The highest BCUT2D eigenvalue weighted by Crippen LogP contribution is 2.32. The van der Waals surface area contributed by atoms with E-state index in [1.165, 1.54) is 24.3 Å². The second-order valence-corrected chi connectivity index (χ2v) is 9.55. The molecule has 0 spiro atoms. The van der Waals surface area contributed by atoms with E-state index in [1.54, 1.807) is 30.5 Å². The predicted octanol–water partition coefficient (Wildman–Crippen LogP) is 4.84. The zero-order valence-electron chi connectivity index (χ0n) is 22.2. The van der Waals surface area contributed by atoms with Crippen LogP contribution in [0.4, 0.5) is 30.4 Å². The molecular weight excluding hydrogens is 573 g/mol. The smallest absolute Gasteiger partial charge is 0.383 e. The van der Waals surface area contributed by atoms with E-state index < -0.39 is 29.7 Å². The molecule has 1 saturated heterocycles. The number of morpholine rings is 1. The van der Waals surface area contributed by atoms with Crippen LogP contribution in [-0.2, 0) is 26.9 Å². The van der Waals surface area contributed by atoms with Crippen molar-refractivity contribution in [2.24, 2.45) is 0 Å². The normalized spacial score (nSPS) is 17.3. The molecule has 0 radical (unpaired) electrons. The molecule has 0 aliphatic carbocycles. The van der Waals surface area contributed by atoms with Gasteiger partial charge in [-0.1, -0.05) is 30.4 Å². The van der Waals surface area contributed by atoms with E-state index in [-0.39, 0.29) is 18.8 Å². The molecule has 1 aromatic heterocycles. The van der Waals surface area contributed by atoms with Gasteiger partial charge in [-0.15, -0.1) is 12.4 Å². The Bertz CT molecular complexity index is 1490. The van der Waals surface area contributed by atoms with Gasteiger partial charge >= 0.3 is 6.18 Å². The maximum absolute atomic E-state index is 13.2. The number of ether oxygens (including phenoxy) is 1. The Morgan fingerprint density at radius 2 is 1.79 bits per heavy atom. The Morgan fingerprint density at radius 3 is 2.45 bits per heavy atom. The van der Waals surface area contributed by atoms with Crippen molar-refractivity contribution in [3.8, 4) is 0 Å². The number of carbonyl (C=O) groups excluding carboxylic acids is 2. The summed E-state index contributed by atoms with van der Waals surface area (Å²) < 4.78 is 44.8. The summed E-state index contributed by atoms with van der Waals surface area (Å²) in [6.07, 6.45) is 0.467. The van der Waals surface area contributed by atoms with Gasteiger partial charge in [0.2, 0.25) is 5.91 Å². The van der Waals surface area contributed by atoms with Crippen molar-refractivity contribution in [3.05, 3.63) is 101 Å². The molecule has 220 valence electrons. The number of aliphatic hydroxyl groups is 1. The van der Waals surface area contributed by atoms with Gasteiger partial charge in [0, 0.05) is 54.3 Å². The number of aromatic nitrogens is 1. The first-order chi connectivity index (χ1) is 19.7. The van der Waals surface area contributed by atoms with Gasteiger partial charge in [-0.3, -0.25) is 9.59 Å². The molecule has 42 heavy (non-hydrogen) atoms. The van der Waals surface area contributed by atoms with Crippen LogP contribution >= 0.6 is 12.4 Å². The standard InChI is InChI=1S/C30H27F3N4O4.ClH/c31-30(32,33)21-10-7-19(8-11-21)22(20-9-12-27(34-18-20)37-13-15-41-16-14-37)3-1-6-28(39)35-24-4-2-5-25-23(24)17-26(38)29(40)36-25;/h1-12,18,26,38H,13-17H2,(H,35,39)(H,36,40);1H/b6-1+,22-3+;. The summed E-state index contributed by atoms with van der Waals surface area (Å²) >= 11 is 0. The molecule has 5 rings (SSSR count). The zero-order chi connectivity index (χ0) is 29.0. The first kappa shape index (κ1) is 30.8. The number of rotatable bonds is 6. The summed E-state index contributed by atoms with van der Waals surface area (Å²) in [5.74, 6) is -0.200. The molecule has 2 amide bonds. The van der Waals surface area contributed by atoms with Crippen molar-refractivity contribution in [1.29, 1.82) is 0 Å². The van der Waals surface area contributed by atoms with Gasteiger partial charge < -0.3 is 25.4 Å². The average Bonchev–Trinajstić information content (AvgIpc) is 2.97. The quantitative estimate of drug-likeness (QED) is 0.276. The largest absolute Gasteiger partial charge is 0.416 e. The molecule has 2 aliphatic heterocycles. The summed E-state index contributed by atoms with van der Waals surface area (Å²) in [6, 6.07) is 13.5. The molecule has 2 aliphatic rings. The van der Waals surface area contributed by atoms with Crippen molar-refractivity contribution < 1.29 is 32.6 Å². The third-order valence-electron chi connectivity index (χ3n) is 6.82. The Labute approximate surface area is 246 Å². The van der Waals surface area contributed by atoms with Crippen LogP contribution < -0.4 is 15.5 Å². The average molecular weight is 601 g/mol. The van der Waals surface area contributed by atoms with Gasteiger partial charge in [-0.05, 0) is 47.5 Å². The van der Waals surface area contributed by atoms with Crippen molar-refractivity contribution in [3.63, 3.8) is 0 Å². The van der Waals surface area contributed by atoms with Crippen LogP contribution in [0.15, 0.2) is 79.0 Å². The lowest BCUT2D eigenvalue weighted by Crippen LogP contribution is -2.36. The zero-order valence-corrected chi connectivity index (χ0v) is 23.0. The third-order valence-corrected chi connectivity index (χ3v) is 6.82. The van der Waals surface area contributed by atoms with E-state index in [4.69, 9.17) is 4.74 Å². The van der Waals surface area contributed by atoms with Gasteiger partial charge in [-0.2, -0.15) is 13.2 Å². The molecule has 1 atom stereocenters. The summed E-state index contributed by atoms with van der Waals surface area (Å²) in [6.45, 7) is 2.63. The lowest BCUT2D eigenvalue weighted by molar-refractivity contribution is -0.137. The van der Waals surface area contributed by atoms with E-state index in [1.807, 2.05) is 12.1 Å². The number of benzene rings is 2. The Hall–Kier alpha value is -4.19. The molecule has 3 heterocycles. The number of allylic oxidation sites excluding steroid dienone is 2. The van der Waals surface area contributed by atoms with Gasteiger partial charge in [0.1, 0.15) is 11.9 Å². The number of hydrogen-bond donors (Lipinski definition) is 3. The van der Waals surface area contributed by atoms with E-state index >= 15 is 0 Å². The number of pyridine rings is 1. The molecule has 8 nitrogen and oxygen atoms in total. The van der Waals surface area contributed by atoms with Gasteiger partial charge in [-0.25, -0.2) is 4.98 Å². The van der Waals surface area contributed by atoms with E-state index in [9.17, 15) is 27.9 Å². The molecule has 0 saturated carbocycles. The van der Waals surface area contributed by atoms with Gasteiger partial charge in [0.15, 0.2) is 0 Å². The highest BCUT2D eigenvalue weighted by atomic mass is 35.5. The van der Waals surface area contributed by atoms with E-state index in [0.29, 0.717) is 59.9 Å². The number of anilines is 3. The van der Waals surface area contributed by atoms with Crippen molar-refractivity contribution in [2.75, 3.05) is 41.8 Å². The SMILES string of the molecule is Cl.O=C(/C=C/C=C(\c1ccc(C(F)(F)F)cc1)c1ccc(N2CCOCC2)nc1)Nc1cccc2c1CC(O)C(=O)N2. The minimum Gasteiger partial charge on any atom is -0.383 e. The van der Waals surface area contributed by atoms with Crippen LogP contribution in [0.3, 0.4) is 0 Å². The molecule has 3 aromatic rings. The number of fused-ring (bicyclic) bond motifs is 1. The van der Waals surface area contributed by atoms with Crippen molar-refractivity contribution in [2.45, 2.75) is 18.7 Å². The maximum atomic E-state index is 13.2. The van der Waals surface area contributed by atoms with Crippen LogP contribution in [0.25, 0.3) is 5.57 Å². The molecule has 1 unspecified atom stereocenters. The minimum absolute atomic E-state index is 0. The number of carbonyl (C=O) groups is 2. The summed E-state index contributed by atoms with van der Waals surface area (Å²) in [5, 5.41) is 15.3. The third kappa shape index (κ3) is 7.17. The molecule has 3 N–H and O–H groups in total. The number of amides is 2. The number of aliphatic hydroxyl groups excluding tert-OH is 1. The number of nitrogens with zero attached hydrogens (tertiary/aromatic N) is 2. The summed E-state index contributed by atoms with van der Waals surface area (Å²) in [7, 11) is 0. The number of nitrogens with one attached hydrogen (secondary N) is 2. The Morgan fingerprint density at radius 1 is 1.07 bits per heavy atom. The topological polar surface area (TPSA) is 104 Å². The fourth-order valence-electron chi connectivity index (χ4n) is 4.67. The van der Waals surface area contributed by atoms with E-state index in [0.717, 1.165) is 18.0 Å². The first-order valence-corrected chi connectivity index (χ1v) is 13.0. The van der Waals surface area contributed by atoms with Crippen LogP contribution in [0, 0.1) is 0 Å². The lowest BCUT2D eigenvalue weighted by atomic mass is 9.97. The highest BCUT2D eigenvalue weighted by molar-refractivity contribution is 6.03. The Kier molecular flexibility index (Phi) is 9.66. The summed E-state index contributed by atoms with van der Waals surface area (Å²) in [4.78, 5) is 31.1. The second kappa shape index (κ2) is 13.2. The molecule has 0 bridgehead atoms. The molecule has 12 heteroatoms. The van der Waals surface area contributed by atoms with Gasteiger partial charge in [0.05, 0.1) is 18.8 Å². The molecule has 2 aromatic carbocycles. The molecule has 1 fully saturated rings.